The Morgan fingerprint density at radius 2 is 2.25 bits per heavy atom. The standard InChI is InChI=1S/C16H18BrNO2/c1-20-16-6-5-11(7-14(16)17)8-18-9-12-3-2-4-15(19)13(12)10-18/h5-7,9-10,15,19H,2-4,8H2,1H3. The Hall–Kier alpha value is -1.26. The van der Waals surface area contributed by atoms with Crippen molar-refractivity contribution in [2.45, 2.75) is 31.9 Å². The van der Waals surface area contributed by atoms with Crippen LogP contribution in [-0.4, -0.2) is 16.8 Å². The van der Waals surface area contributed by atoms with Crippen LogP contribution in [0.5, 0.6) is 5.75 Å². The van der Waals surface area contributed by atoms with E-state index in [0.717, 1.165) is 41.6 Å². The fourth-order valence-electron chi connectivity index (χ4n) is 2.83. The molecule has 1 aromatic carbocycles. The number of halogens is 1. The molecule has 3 nitrogen and oxygen atoms in total. The summed E-state index contributed by atoms with van der Waals surface area (Å²) in [5.74, 6) is 0.843. The van der Waals surface area contributed by atoms with Crippen LogP contribution in [0, 0.1) is 0 Å². The molecule has 0 saturated carbocycles. The van der Waals surface area contributed by atoms with Crippen LogP contribution in [0.4, 0.5) is 0 Å². The Balaban J connectivity index is 1.83. The van der Waals surface area contributed by atoms with Crippen LogP contribution in [-0.2, 0) is 13.0 Å². The number of nitrogens with zero attached hydrogens (tertiary/aromatic N) is 1. The van der Waals surface area contributed by atoms with Crippen LogP contribution in [0.2, 0.25) is 0 Å². The highest BCUT2D eigenvalue weighted by Gasteiger charge is 2.19. The van der Waals surface area contributed by atoms with Gasteiger partial charge in [0.2, 0.25) is 0 Å². The van der Waals surface area contributed by atoms with Gasteiger partial charge in [-0.1, -0.05) is 6.07 Å². The SMILES string of the molecule is COc1ccc(Cn2cc3c(c2)C(O)CCC3)cc1Br. The molecule has 1 heterocycles. The van der Waals surface area contributed by atoms with Crippen LogP contribution >= 0.6 is 15.9 Å². The quantitative estimate of drug-likeness (QED) is 0.928. The lowest BCUT2D eigenvalue weighted by atomic mass is 9.93. The molecule has 3 rings (SSSR count). The van der Waals surface area contributed by atoms with E-state index in [9.17, 15) is 5.11 Å². The van der Waals surface area contributed by atoms with Gasteiger partial charge in [0.1, 0.15) is 5.75 Å². The largest absolute Gasteiger partial charge is 0.496 e. The highest BCUT2D eigenvalue weighted by molar-refractivity contribution is 9.10. The molecule has 0 radical (unpaired) electrons. The number of fused-ring (bicyclic) bond motifs is 1. The highest BCUT2D eigenvalue weighted by atomic mass is 79.9. The van der Waals surface area contributed by atoms with E-state index in [2.05, 4.69) is 45.0 Å². The fourth-order valence-corrected chi connectivity index (χ4v) is 3.42. The van der Waals surface area contributed by atoms with Crippen molar-refractivity contribution in [1.29, 1.82) is 0 Å². The molecule has 4 heteroatoms. The van der Waals surface area contributed by atoms with Gasteiger partial charge in [-0.25, -0.2) is 0 Å². The van der Waals surface area contributed by atoms with Crippen molar-refractivity contribution in [3.05, 3.63) is 51.8 Å². The lowest BCUT2D eigenvalue weighted by molar-refractivity contribution is 0.157. The molecule has 1 aromatic heterocycles. The van der Waals surface area contributed by atoms with E-state index in [1.807, 2.05) is 6.07 Å². The zero-order valence-corrected chi connectivity index (χ0v) is 13.1. The van der Waals surface area contributed by atoms with Crippen molar-refractivity contribution in [3.8, 4) is 5.75 Å². The van der Waals surface area contributed by atoms with Crippen LogP contribution < -0.4 is 4.74 Å². The first-order valence-electron chi connectivity index (χ1n) is 6.86. The molecule has 1 aliphatic rings. The first kappa shape index (κ1) is 13.7. The van der Waals surface area contributed by atoms with Crippen molar-refractivity contribution in [2.24, 2.45) is 0 Å². The number of rotatable bonds is 3. The Kier molecular flexibility index (Phi) is 3.85. The second-order valence-electron chi connectivity index (χ2n) is 5.29. The Labute approximate surface area is 127 Å². The third-order valence-corrected chi connectivity index (χ3v) is 4.48. The molecule has 1 atom stereocenters. The van der Waals surface area contributed by atoms with Gasteiger partial charge in [0, 0.05) is 24.5 Å². The van der Waals surface area contributed by atoms with Gasteiger partial charge in [-0.15, -0.1) is 0 Å². The minimum absolute atomic E-state index is 0.289. The van der Waals surface area contributed by atoms with Gasteiger partial charge in [-0.3, -0.25) is 0 Å². The Morgan fingerprint density at radius 1 is 1.40 bits per heavy atom. The normalized spacial score (nSPS) is 17.9. The highest BCUT2D eigenvalue weighted by Crippen LogP contribution is 2.31. The van der Waals surface area contributed by atoms with Gasteiger partial charge in [0.25, 0.3) is 0 Å². The topological polar surface area (TPSA) is 34.4 Å². The zero-order valence-electron chi connectivity index (χ0n) is 11.5. The third-order valence-electron chi connectivity index (χ3n) is 3.86. The van der Waals surface area contributed by atoms with E-state index in [1.165, 1.54) is 11.1 Å². The molecule has 2 aromatic rings. The van der Waals surface area contributed by atoms with Crippen LogP contribution in [0.1, 0.15) is 35.6 Å². The molecule has 0 aliphatic heterocycles. The maximum Gasteiger partial charge on any atom is 0.133 e. The van der Waals surface area contributed by atoms with Gasteiger partial charge in [-0.05, 0) is 58.5 Å². The second kappa shape index (κ2) is 5.62. The van der Waals surface area contributed by atoms with E-state index in [-0.39, 0.29) is 6.10 Å². The molecule has 0 bridgehead atoms. The maximum absolute atomic E-state index is 10.0. The van der Waals surface area contributed by atoms with E-state index in [4.69, 9.17) is 4.74 Å². The van der Waals surface area contributed by atoms with E-state index in [0.29, 0.717) is 0 Å². The third kappa shape index (κ3) is 2.63. The van der Waals surface area contributed by atoms with Gasteiger partial charge < -0.3 is 14.4 Å². The molecule has 0 saturated heterocycles. The fraction of sp³-hybridized carbons (Fsp3) is 0.375. The number of hydrogen-bond acceptors (Lipinski definition) is 2. The monoisotopic (exact) mass is 335 g/mol. The average molecular weight is 336 g/mol. The first-order chi connectivity index (χ1) is 9.67. The van der Waals surface area contributed by atoms with Gasteiger partial charge in [0.05, 0.1) is 17.7 Å². The number of methoxy groups -OCH3 is 1. The molecule has 0 spiro atoms. The maximum atomic E-state index is 10.0. The molecule has 1 unspecified atom stereocenters. The minimum Gasteiger partial charge on any atom is -0.496 e. The lowest BCUT2D eigenvalue weighted by Gasteiger charge is -2.16. The number of hydrogen-bond donors (Lipinski definition) is 1. The summed E-state index contributed by atoms with van der Waals surface area (Å²) in [5, 5.41) is 10.0. The number of aryl methyl sites for hydroxylation is 1. The smallest absolute Gasteiger partial charge is 0.133 e. The molecule has 1 N–H and O–H groups in total. The van der Waals surface area contributed by atoms with Crippen molar-refractivity contribution < 1.29 is 9.84 Å². The zero-order chi connectivity index (χ0) is 14.1. The van der Waals surface area contributed by atoms with Crippen LogP contribution in [0.3, 0.4) is 0 Å². The predicted octanol–water partition coefficient (Wildman–Crippen LogP) is 3.68. The Morgan fingerprint density at radius 3 is 2.95 bits per heavy atom. The molecular formula is C16H18BrNO2. The molecular weight excluding hydrogens is 318 g/mol. The Bertz CT molecular complexity index is 621. The van der Waals surface area contributed by atoms with E-state index >= 15 is 0 Å². The summed E-state index contributed by atoms with van der Waals surface area (Å²) < 4.78 is 8.37. The lowest BCUT2D eigenvalue weighted by Crippen LogP contribution is -2.05. The summed E-state index contributed by atoms with van der Waals surface area (Å²) in [6.07, 6.45) is 6.98. The molecule has 106 valence electrons. The summed E-state index contributed by atoms with van der Waals surface area (Å²) in [4.78, 5) is 0. The number of aliphatic hydroxyl groups is 1. The summed E-state index contributed by atoms with van der Waals surface area (Å²) >= 11 is 3.51. The van der Waals surface area contributed by atoms with Gasteiger partial charge >= 0.3 is 0 Å². The molecule has 0 fully saturated rings. The summed E-state index contributed by atoms with van der Waals surface area (Å²) in [6, 6.07) is 6.12. The molecule has 1 aliphatic carbocycles. The number of aromatic nitrogens is 1. The summed E-state index contributed by atoms with van der Waals surface area (Å²) in [7, 11) is 1.67. The number of benzene rings is 1. The number of aliphatic hydroxyl groups excluding tert-OH is 1. The molecule has 0 amide bonds. The predicted molar refractivity (Wildman–Crippen MR) is 82.1 cm³/mol. The summed E-state index contributed by atoms with van der Waals surface area (Å²) in [5.41, 5.74) is 3.60. The van der Waals surface area contributed by atoms with Crippen molar-refractivity contribution in [3.63, 3.8) is 0 Å². The van der Waals surface area contributed by atoms with E-state index < -0.39 is 0 Å². The van der Waals surface area contributed by atoms with Crippen LogP contribution in [0.15, 0.2) is 35.1 Å². The van der Waals surface area contributed by atoms with Crippen molar-refractivity contribution in [2.75, 3.05) is 7.11 Å². The van der Waals surface area contributed by atoms with Crippen molar-refractivity contribution >= 4 is 15.9 Å². The van der Waals surface area contributed by atoms with Gasteiger partial charge in [-0.2, -0.15) is 0 Å². The van der Waals surface area contributed by atoms with Gasteiger partial charge in [0.15, 0.2) is 0 Å². The minimum atomic E-state index is -0.289. The molecule has 20 heavy (non-hydrogen) atoms. The first-order valence-corrected chi connectivity index (χ1v) is 7.65. The van der Waals surface area contributed by atoms with Crippen molar-refractivity contribution in [1.82, 2.24) is 4.57 Å². The number of ether oxygens (including phenoxy) is 1. The van der Waals surface area contributed by atoms with Crippen LogP contribution in [0.25, 0.3) is 0 Å². The van der Waals surface area contributed by atoms with E-state index in [1.54, 1.807) is 7.11 Å². The summed E-state index contributed by atoms with van der Waals surface area (Å²) in [6.45, 7) is 0.808. The second-order valence-corrected chi connectivity index (χ2v) is 6.14. The average Bonchev–Trinajstić information content (AvgIpc) is 2.83.